The molecule has 0 aromatic rings. The zero-order chi connectivity index (χ0) is 13.0. The number of carbonyl (C=O) groups is 1. The van der Waals surface area contributed by atoms with Crippen molar-refractivity contribution in [3.05, 3.63) is 0 Å². The molecule has 0 aliphatic heterocycles. The van der Waals surface area contributed by atoms with Crippen LogP contribution in [0.3, 0.4) is 0 Å². The van der Waals surface area contributed by atoms with Gasteiger partial charge < -0.3 is 14.3 Å². The first-order valence-electron chi connectivity index (χ1n) is 5.89. The number of aldehydes is 1. The molecule has 0 aliphatic carbocycles. The summed E-state index contributed by atoms with van der Waals surface area (Å²) in [5.41, 5.74) is 0. The Morgan fingerprint density at radius 1 is 1.12 bits per heavy atom. The molecule has 0 aromatic carbocycles. The zero-order valence-corrected chi connectivity index (χ0v) is 12.0. The lowest BCUT2D eigenvalue weighted by molar-refractivity contribution is -0.123. The summed E-state index contributed by atoms with van der Waals surface area (Å²) in [6.45, 7) is 11.2. The second-order valence-corrected chi connectivity index (χ2v) is 4.11. The van der Waals surface area contributed by atoms with Crippen molar-refractivity contribution >= 4 is 18.9 Å². The number of hydrogen-bond acceptors (Lipinski definition) is 4. The number of ether oxygens (including phenoxy) is 2. The largest absolute Gasteiger partial charge is 0.353 e. The third-order valence-electron chi connectivity index (χ3n) is 2.04. The molecular formula is C12H26O3S. The normalized spacial score (nSPS) is 13.9. The van der Waals surface area contributed by atoms with Crippen LogP contribution in [0.25, 0.3) is 0 Å². The van der Waals surface area contributed by atoms with Gasteiger partial charge in [-0.1, -0.05) is 13.8 Å². The summed E-state index contributed by atoms with van der Waals surface area (Å²) in [6, 6.07) is 0. The van der Waals surface area contributed by atoms with Crippen molar-refractivity contribution in [3.63, 3.8) is 0 Å². The van der Waals surface area contributed by atoms with Gasteiger partial charge in [0.2, 0.25) is 0 Å². The highest BCUT2D eigenvalue weighted by Crippen LogP contribution is 2.09. The standard InChI is InChI=1S/C6H14O2.C6H12OS/c1-4-7-6(3)8-5-2;1-3-6(8)5(2)4-7/h6H,4-5H2,1-3H3;4-6,8H,3H2,1-2H3. The molecule has 0 aliphatic rings. The molecule has 0 bridgehead atoms. The van der Waals surface area contributed by atoms with Gasteiger partial charge in [0.25, 0.3) is 0 Å². The summed E-state index contributed by atoms with van der Waals surface area (Å²) >= 11 is 4.17. The van der Waals surface area contributed by atoms with E-state index in [1.807, 2.05) is 34.6 Å². The molecular weight excluding hydrogens is 224 g/mol. The second-order valence-electron chi connectivity index (χ2n) is 3.45. The minimum Gasteiger partial charge on any atom is -0.353 e. The Morgan fingerprint density at radius 2 is 1.56 bits per heavy atom. The van der Waals surface area contributed by atoms with Crippen LogP contribution in [0.1, 0.15) is 41.0 Å². The molecule has 0 saturated carbocycles. The molecule has 98 valence electrons. The van der Waals surface area contributed by atoms with Crippen LogP contribution in [-0.2, 0) is 14.3 Å². The van der Waals surface area contributed by atoms with E-state index in [4.69, 9.17) is 9.47 Å². The Kier molecular flexibility index (Phi) is 14.9. The monoisotopic (exact) mass is 250 g/mol. The van der Waals surface area contributed by atoms with Gasteiger partial charge in [-0.05, 0) is 27.2 Å². The first kappa shape index (κ1) is 18.3. The quantitative estimate of drug-likeness (QED) is 0.429. The maximum Gasteiger partial charge on any atom is 0.154 e. The molecule has 2 unspecified atom stereocenters. The van der Waals surface area contributed by atoms with Gasteiger partial charge in [-0.25, -0.2) is 0 Å². The number of carbonyl (C=O) groups excluding carboxylic acids is 1. The second kappa shape index (κ2) is 13.0. The van der Waals surface area contributed by atoms with E-state index < -0.39 is 0 Å². The Hall–Kier alpha value is -0.0600. The Balaban J connectivity index is 0. The molecule has 0 radical (unpaired) electrons. The predicted octanol–water partition coefficient (Wildman–Crippen LogP) is 2.94. The van der Waals surface area contributed by atoms with E-state index in [1.54, 1.807) is 0 Å². The van der Waals surface area contributed by atoms with Crippen LogP contribution in [-0.4, -0.2) is 31.0 Å². The van der Waals surface area contributed by atoms with Crippen LogP contribution in [0.5, 0.6) is 0 Å². The molecule has 0 spiro atoms. The van der Waals surface area contributed by atoms with Gasteiger partial charge >= 0.3 is 0 Å². The van der Waals surface area contributed by atoms with Crippen molar-refractivity contribution in [1.82, 2.24) is 0 Å². The molecule has 0 aromatic heterocycles. The molecule has 0 rings (SSSR count). The Bertz CT molecular complexity index is 147. The molecule has 0 amide bonds. The summed E-state index contributed by atoms with van der Waals surface area (Å²) in [7, 11) is 0. The van der Waals surface area contributed by atoms with E-state index in [2.05, 4.69) is 12.6 Å². The van der Waals surface area contributed by atoms with Crippen LogP contribution in [0.2, 0.25) is 0 Å². The summed E-state index contributed by atoms with van der Waals surface area (Å²) in [5.74, 6) is 0.100. The molecule has 0 fully saturated rings. The fraction of sp³-hybridized carbons (Fsp3) is 0.917. The van der Waals surface area contributed by atoms with E-state index >= 15 is 0 Å². The highest BCUT2D eigenvalue weighted by Gasteiger charge is 2.07. The first-order valence-corrected chi connectivity index (χ1v) is 6.41. The van der Waals surface area contributed by atoms with E-state index in [0.717, 1.165) is 25.9 Å². The van der Waals surface area contributed by atoms with Crippen molar-refractivity contribution < 1.29 is 14.3 Å². The molecule has 2 atom stereocenters. The van der Waals surface area contributed by atoms with E-state index in [1.165, 1.54) is 0 Å². The van der Waals surface area contributed by atoms with Gasteiger partial charge in [0, 0.05) is 24.4 Å². The maximum atomic E-state index is 10.1. The lowest BCUT2D eigenvalue weighted by atomic mass is 10.1. The third kappa shape index (κ3) is 12.0. The predicted molar refractivity (Wildman–Crippen MR) is 71.0 cm³/mol. The third-order valence-corrected chi connectivity index (χ3v) is 2.88. The van der Waals surface area contributed by atoms with Crippen molar-refractivity contribution in [2.75, 3.05) is 13.2 Å². The van der Waals surface area contributed by atoms with Gasteiger partial charge in [-0.3, -0.25) is 0 Å². The van der Waals surface area contributed by atoms with Crippen molar-refractivity contribution in [3.8, 4) is 0 Å². The van der Waals surface area contributed by atoms with E-state index in [0.29, 0.717) is 0 Å². The molecule has 0 N–H and O–H groups in total. The SMILES string of the molecule is CCC(S)C(C)C=O.CCOC(C)OCC. The summed E-state index contributed by atoms with van der Waals surface area (Å²) in [6.07, 6.45) is 1.87. The van der Waals surface area contributed by atoms with Gasteiger partial charge in [-0.2, -0.15) is 12.6 Å². The van der Waals surface area contributed by atoms with Gasteiger partial charge in [0.15, 0.2) is 6.29 Å². The minimum atomic E-state index is -0.0370. The van der Waals surface area contributed by atoms with Crippen molar-refractivity contribution in [1.29, 1.82) is 0 Å². The number of hydrogen-bond donors (Lipinski definition) is 1. The minimum absolute atomic E-state index is 0.0370. The molecule has 3 nitrogen and oxygen atoms in total. The van der Waals surface area contributed by atoms with Gasteiger partial charge in [0.1, 0.15) is 6.29 Å². The van der Waals surface area contributed by atoms with Crippen LogP contribution >= 0.6 is 12.6 Å². The zero-order valence-electron chi connectivity index (χ0n) is 11.1. The summed E-state index contributed by atoms with van der Waals surface area (Å²) in [4.78, 5) is 10.1. The molecule has 16 heavy (non-hydrogen) atoms. The smallest absolute Gasteiger partial charge is 0.154 e. The fourth-order valence-electron chi connectivity index (χ4n) is 0.980. The highest BCUT2D eigenvalue weighted by atomic mass is 32.1. The maximum absolute atomic E-state index is 10.1. The van der Waals surface area contributed by atoms with Gasteiger partial charge in [0.05, 0.1) is 0 Å². The average molecular weight is 250 g/mol. The summed E-state index contributed by atoms with van der Waals surface area (Å²) < 4.78 is 10.1. The lowest BCUT2D eigenvalue weighted by Crippen LogP contribution is -2.11. The lowest BCUT2D eigenvalue weighted by Gasteiger charge is -2.09. The van der Waals surface area contributed by atoms with Crippen LogP contribution in [0.4, 0.5) is 0 Å². The molecule has 0 heterocycles. The van der Waals surface area contributed by atoms with Gasteiger partial charge in [-0.15, -0.1) is 0 Å². The topological polar surface area (TPSA) is 35.5 Å². The van der Waals surface area contributed by atoms with Crippen LogP contribution in [0.15, 0.2) is 0 Å². The van der Waals surface area contributed by atoms with Crippen molar-refractivity contribution in [2.24, 2.45) is 5.92 Å². The Labute approximate surface area is 105 Å². The van der Waals surface area contributed by atoms with Crippen molar-refractivity contribution in [2.45, 2.75) is 52.6 Å². The van der Waals surface area contributed by atoms with E-state index in [9.17, 15) is 4.79 Å². The Morgan fingerprint density at radius 3 is 1.75 bits per heavy atom. The average Bonchev–Trinajstić information content (AvgIpc) is 2.28. The number of rotatable bonds is 7. The fourth-order valence-corrected chi connectivity index (χ4v) is 1.05. The highest BCUT2D eigenvalue weighted by molar-refractivity contribution is 7.81. The van der Waals surface area contributed by atoms with Crippen LogP contribution < -0.4 is 0 Å². The number of thiol groups is 1. The van der Waals surface area contributed by atoms with Crippen LogP contribution in [0, 0.1) is 5.92 Å². The molecule has 0 saturated heterocycles. The summed E-state index contributed by atoms with van der Waals surface area (Å²) in [5, 5.41) is 0.243. The first-order chi connectivity index (χ1) is 7.53. The molecule has 4 heteroatoms. The van der Waals surface area contributed by atoms with E-state index in [-0.39, 0.29) is 17.5 Å².